The van der Waals surface area contributed by atoms with Gasteiger partial charge in [-0.1, -0.05) is 0 Å². The molecule has 0 aliphatic rings. The molecule has 6 heteroatoms. The second kappa shape index (κ2) is 3.68. The number of hydrogen-bond acceptors (Lipinski definition) is 4. The van der Waals surface area contributed by atoms with Crippen molar-refractivity contribution in [1.82, 2.24) is 0 Å². The van der Waals surface area contributed by atoms with E-state index in [0.717, 1.165) is 0 Å². The molecule has 0 spiro atoms. The third-order valence-corrected chi connectivity index (χ3v) is 2.53. The Hall–Kier alpha value is -0.620. The lowest BCUT2D eigenvalue weighted by molar-refractivity contribution is -0.140. The molecule has 0 aliphatic heterocycles. The third kappa shape index (κ3) is 3.94. The van der Waals surface area contributed by atoms with E-state index >= 15 is 0 Å². The van der Waals surface area contributed by atoms with Gasteiger partial charge in [-0.2, -0.15) is 0 Å². The van der Waals surface area contributed by atoms with E-state index in [4.69, 9.17) is 5.14 Å². The van der Waals surface area contributed by atoms with E-state index in [1.165, 1.54) is 14.0 Å². The van der Waals surface area contributed by atoms with Crippen molar-refractivity contribution in [2.75, 3.05) is 7.11 Å². The number of methoxy groups -OCH3 is 1. The maximum Gasteiger partial charge on any atom is 0.306 e. The van der Waals surface area contributed by atoms with Crippen LogP contribution in [0.5, 0.6) is 0 Å². The van der Waals surface area contributed by atoms with Crippen LogP contribution in [-0.2, 0) is 19.6 Å². The van der Waals surface area contributed by atoms with Crippen LogP contribution >= 0.6 is 0 Å². The number of ether oxygens (including phenoxy) is 1. The molecular weight excluding hydrogens is 170 g/mol. The topological polar surface area (TPSA) is 86.5 Å². The van der Waals surface area contributed by atoms with Gasteiger partial charge in [0.25, 0.3) is 0 Å². The van der Waals surface area contributed by atoms with Crippen molar-refractivity contribution in [1.29, 1.82) is 0 Å². The molecule has 0 aromatic rings. The van der Waals surface area contributed by atoms with Gasteiger partial charge in [-0.15, -0.1) is 0 Å². The van der Waals surface area contributed by atoms with Gasteiger partial charge >= 0.3 is 5.97 Å². The number of hydrogen-bond donors (Lipinski definition) is 1. The van der Waals surface area contributed by atoms with Crippen molar-refractivity contribution in [3.63, 3.8) is 0 Å². The van der Waals surface area contributed by atoms with Gasteiger partial charge in [-0.05, 0) is 6.92 Å². The molecule has 11 heavy (non-hydrogen) atoms. The molecule has 5 nitrogen and oxygen atoms in total. The second-order valence-corrected chi connectivity index (χ2v) is 4.16. The summed E-state index contributed by atoms with van der Waals surface area (Å²) in [6.45, 7) is 1.35. The van der Waals surface area contributed by atoms with Crippen molar-refractivity contribution in [2.45, 2.75) is 18.6 Å². The summed E-state index contributed by atoms with van der Waals surface area (Å²) in [5.74, 6) is -0.577. The Kier molecular flexibility index (Phi) is 3.47. The minimum absolute atomic E-state index is 0.199. The molecule has 0 amide bonds. The van der Waals surface area contributed by atoms with Crippen LogP contribution in [0.15, 0.2) is 0 Å². The summed E-state index contributed by atoms with van der Waals surface area (Å²) in [5.41, 5.74) is 0. The van der Waals surface area contributed by atoms with Crippen LogP contribution in [0.25, 0.3) is 0 Å². The Morgan fingerprint density at radius 1 is 1.64 bits per heavy atom. The molecule has 0 heterocycles. The number of rotatable bonds is 3. The van der Waals surface area contributed by atoms with E-state index in [9.17, 15) is 13.2 Å². The Balaban J connectivity index is 4.10. The van der Waals surface area contributed by atoms with Crippen LogP contribution in [0.1, 0.15) is 13.3 Å². The maximum absolute atomic E-state index is 10.6. The lowest BCUT2D eigenvalue weighted by Gasteiger charge is -2.05. The van der Waals surface area contributed by atoms with Gasteiger partial charge in [0.15, 0.2) is 0 Å². The fourth-order valence-electron chi connectivity index (χ4n) is 0.434. The van der Waals surface area contributed by atoms with E-state index in [0.29, 0.717) is 0 Å². The summed E-state index contributed by atoms with van der Waals surface area (Å²) in [6.07, 6.45) is -0.199. The predicted octanol–water partition coefficient (Wildman–Crippen LogP) is -0.773. The molecule has 0 saturated carbocycles. The second-order valence-electron chi connectivity index (χ2n) is 2.18. The Morgan fingerprint density at radius 2 is 2.09 bits per heavy atom. The van der Waals surface area contributed by atoms with Crippen LogP contribution in [-0.4, -0.2) is 26.7 Å². The summed E-state index contributed by atoms with van der Waals surface area (Å²) in [7, 11) is -2.42. The third-order valence-electron chi connectivity index (χ3n) is 1.24. The summed E-state index contributed by atoms with van der Waals surface area (Å²) in [6, 6.07) is 0. The van der Waals surface area contributed by atoms with Crippen molar-refractivity contribution in [2.24, 2.45) is 5.14 Å². The van der Waals surface area contributed by atoms with Gasteiger partial charge < -0.3 is 4.74 Å². The van der Waals surface area contributed by atoms with Crippen LogP contribution in [0.3, 0.4) is 0 Å². The first-order valence-electron chi connectivity index (χ1n) is 2.96. The number of nitrogens with two attached hydrogens (primary N) is 1. The lowest BCUT2D eigenvalue weighted by atomic mass is 10.3. The quantitative estimate of drug-likeness (QED) is 0.579. The van der Waals surface area contributed by atoms with Gasteiger partial charge in [0.05, 0.1) is 18.8 Å². The molecule has 1 atom stereocenters. The zero-order valence-electron chi connectivity index (χ0n) is 6.40. The zero-order chi connectivity index (χ0) is 9.07. The molecule has 0 fully saturated rings. The van der Waals surface area contributed by atoms with E-state index in [1.807, 2.05) is 0 Å². The molecule has 0 bridgehead atoms. The van der Waals surface area contributed by atoms with E-state index in [2.05, 4.69) is 4.74 Å². The highest BCUT2D eigenvalue weighted by Crippen LogP contribution is 2.01. The number of esters is 1. The summed E-state index contributed by atoms with van der Waals surface area (Å²) in [4.78, 5) is 10.5. The van der Waals surface area contributed by atoms with Gasteiger partial charge in [-0.25, -0.2) is 13.6 Å². The molecule has 0 saturated heterocycles. The molecule has 1 unspecified atom stereocenters. The monoisotopic (exact) mass is 181 g/mol. The van der Waals surface area contributed by atoms with E-state index < -0.39 is 21.2 Å². The first-order valence-corrected chi connectivity index (χ1v) is 4.57. The minimum Gasteiger partial charge on any atom is -0.469 e. The van der Waals surface area contributed by atoms with Crippen molar-refractivity contribution in [3.8, 4) is 0 Å². The number of carbonyl (C=O) groups excluding carboxylic acids is 1. The molecule has 2 N–H and O–H groups in total. The zero-order valence-corrected chi connectivity index (χ0v) is 7.22. The van der Waals surface area contributed by atoms with Gasteiger partial charge in [-0.3, -0.25) is 4.79 Å². The highest BCUT2D eigenvalue weighted by Gasteiger charge is 2.19. The van der Waals surface area contributed by atoms with Crippen LogP contribution in [0, 0.1) is 0 Å². The van der Waals surface area contributed by atoms with Crippen molar-refractivity contribution >= 4 is 16.0 Å². The van der Waals surface area contributed by atoms with Gasteiger partial charge in [0, 0.05) is 0 Å². The minimum atomic E-state index is -3.61. The molecular formula is C5H11NO4S. The molecule has 0 aromatic carbocycles. The maximum atomic E-state index is 10.6. The first kappa shape index (κ1) is 10.4. The van der Waals surface area contributed by atoms with Crippen LogP contribution in [0.2, 0.25) is 0 Å². The van der Waals surface area contributed by atoms with E-state index in [-0.39, 0.29) is 6.42 Å². The fraction of sp³-hybridized carbons (Fsp3) is 0.800. The SMILES string of the molecule is COC(=O)CC(C)S(N)(=O)=O. The molecule has 0 rings (SSSR count). The van der Waals surface area contributed by atoms with Gasteiger partial charge in [0.2, 0.25) is 10.0 Å². The molecule has 0 aliphatic carbocycles. The average Bonchev–Trinajstić information content (AvgIpc) is 1.85. The molecule has 0 radical (unpaired) electrons. The van der Waals surface area contributed by atoms with Crippen molar-refractivity contribution in [3.05, 3.63) is 0 Å². The number of sulfonamides is 1. The number of primary sulfonamides is 1. The fourth-order valence-corrected chi connectivity index (χ4v) is 0.803. The molecule has 0 aromatic heterocycles. The summed E-state index contributed by atoms with van der Waals surface area (Å²) in [5, 5.41) is 3.87. The van der Waals surface area contributed by atoms with E-state index in [1.54, 1.807) is 0 Å². The van der Waals surface area contributed by atoms with Crippen LogP contribution < -0.4 is 5.14 Å². The largest absolute Gasteiger partial charge is 0.469 e. The van der Waals surface area contributed by atoms with Gasteiger partial charge in [0.1, 0.15) is 0 Å². The Bertz CT molecular complexity index is 233. The standard InChI is InChI=1S/C5H11NO4S/c1-4(11(6,8)9)3-5(7)10-2/h4H,3H2,1-2H3,(H2,6,8,9). The number of carbonyl (C=O) groups is 1. The Morgan fingerprint density at radius 3 is 2.36 bits per heavy atom. The highest BCUT2D eigenvalue weighted by molar-refractivity contribution is 7.89. The summed E-state index contributed by atoms with van der Waals surface area (Å²) >= 11 is 0. The Labute approximate surface area is 65.6 Å². The lowest BCUT2D eigenvalue weighted by Crippen LogP contribution is -2.28. The van der Waals surface area contributed by atoms with Crippen molar-refractivity contribution < 1.29 is 17.9 Å². The first-order chi connectivity index (χ1) is 4.88. The van der Waals surface area contributed by atoms with Crippen LogP contribution in [0.4, 0.5) is 0 Å². The predicted molar refractivity (Wildman–Crippen MR) is 39.2 cm³/mol. The smallest absolute Gasteiger partial charge is 0.306 e. The normalized spacial score (nSPS) is 14.1. The summed E-state index contributed by atoms with van der Waals surface area (Å²) < 4.78 is 25.4. The average molecular weight is 181 g/mol. The molecule has 66 valence electrons. The highest BCUT2D eigenvalue weighted by atomic mass is 32.2.